The number of amides is 2. The molecule has 5 aromatic carbocycles. The summed E-state index contributed by atoms with van der Waals surface area (Å²) in [7, 11) is 0. The first kappa shape index (κ1) is 30.0. The van der Waals surface area contributed by atoms with Gasteiger partial charge in [-0.2, -0.15) is 0 Å². The number of nitro benzene ring substituents is 1. The minimum absolute atomic E-state index is 0.140. The molecule has 3 aliphatic rings. The van der Waals surface area contributed by atoms with Crippen molar-refractivity contribution in [2.24, 2.45) is 11.8 Å². The Bertz CT molecular complexity index is 2080. The van der Waals surface area contributed by atoms with Crippen molar-refractivity contribution in [1.82, 2.24) is 0 Å². The molecule has 0 aromatic heterocycles. The van der Waals surface area contributed by atoms with Crippen molar-refractivity contribution in [3.63, 3.8) is 0 Å². The van der Waals surface area contributed by atoms with Gasteiger partial charge in [0.1, 0.15) is 5.69 Å². The number of ketones is 1. The van der Waals surface area contributed by atoms with Gasteiger partial charge in [0.25, 0.3) is 5.69 Å². The Balaban J connectivity index is 1.56. The molecule has 1 aliphatic heterocycles. The van der Waals surface area contributed by atoms with Crippen molar-refractivity contribution in [3.8, 4) is 0 Å². The van der Waals surface area contributed by atoms with Crippen LogP contribution in [0.1, 0.15) is 22.3 Å². The lowest BCUT2D eigenvalue weighted by molar-refractivity contribution is -0.384. The zero-order valence-corrected chi connectivity index (χ0v) is 26.6. The summed E-state index contributed by atoms with van der Waals surface area (Å²) in [4.78, 5) is 58.6. The van der Waals surface area contributed by atoms with E-state index in [9.17, 15) is 10.1 Å². The number of carbonyl (C=O) groups is 3. The van der Waals surface area contributed by atoms with E-state index in [1.807, 2.05) is 60.7 Å². The Kier molecular flexibility index (Phi) is 6.77. The predicted octanol–water partition coefficient (Wildman–Crippen LogP) is 8.09. The fourth-order valence-corrected chi connectivity index (χ4v) is 8.65. The van der Waals surface area contributed by atoms with Crippen molar-refractivity contribution in [1.29, 1.82) is 0 Å². The molecule has 234 valence electrons. The van der Waals surface area contributed by atoms with Gasteiger partial charge in [-0.05, 0) is 63.7 Å². The second-order valence-electron chi connectivity index (χ2n) is 12.2. The normalized spacial score (nSPS) is 24.4. The number of nitrogens with zero attached hydrogens (tertiary/aromatic N) is 2. The van der Waals surface area contributed by atoms with Gasteiger partial charge in [0, 0.05) is 16.1 Å². The number of benzene rings is 5. The molecule has 2 amide bonds. The smallest absolute Gasteiger partial charge is 0.293 e. The summed E-state index contributed by atoms with van der Waals surface area (Å²) < 4.78 is 0. The quantitative estimate of drug-likeness (QED) is 0.103. The molecule has 9 heteroatoms. The molecular formula is C39H24Cl2N2O5. The van der Waals surface area contributed by atoms with Crippen LogP contribution in [0.2, 0.25) is 10.0 Å². The van der Waals surface area contributed by atoms with Crippen molar-refractivity contribution < 1.29 is 19.3 Å². The lowest BCUT2D eigenvalue weighted by Crippen LogP contribution is -2.45. The highest BCUT2D eigenvalue weighted by Gasteiger charge is 2.83. The summed E-state index contributed by atoms with van der Waals surface area (Å²) in [5.41, 5.74) is -0.268. The fourth-order valence-electron chi connectivity index (χ4n) is 8.40. The van der Waals surface area contributed by atoms with Gasteiger partial charge in [-0.3, -0.25) is 24.5 Å². The van der Waals surface area contributed by atoms with Crippen LogP contribution in [0.5, 0.6) is 0 Å². The van der Waals surface area contributed by atoms with Crippen LogP contribution in [-0.4, -0.2) is 22.5 Å². The zero-order valence-electron chi connectivity index (χ0n) is 25.0. The molecule has 8 rings (SSSR count). The third-order valence-corrected chi connectivity index (χ3v) is 10.5. The number of Topliss-reactive ketones (excluding diaryl/α,β-unsaturated/α-hetero) is 1. The maximum absolute atomic E-state index is 15.9. The SMILES string of the molecule is O=C1[C@H]2[C@H](C(=O)N1c1ccccc1[N+](=O)[O-])[C@]1(c3ccc(Cl)cc3)C(=O)[C@@]2(c2ccc(Cl)cc2)C(c2ccccc2)=C1c1ccccc1. The predicted molar refractivity (Wildman–Crippen MR) is 184 cm³/mol. The van der Waals surface area contributed by atoms with Gasteiger partial charge < -0.3 is 0 Å². The second kappa shape index (κ2) is 10.8. The van der Waals surface area contributed by atoms with Crippen LogP contribution in [0, 0.1) is 22.0 Å². The third-order valence-electron chi connectivity index (χ3n) is 10.0. The topological polar surface area (TPSA) is 97.6 Å². The molecule has 2 fully saturated rings. The number of anilines is 1. The van der Waals surface area contributed by atoms with Crippen LogP contribution in [0.4, 0.5) is 11.4 Å². The van der Waals surface area contributed by atoms with Gasteiger partial charge in [0.05, 0.1) is 27.6 Å². The van der Waals surface area contributed by atoms with E-state index in [4.69, 9.17) is 23.2 Å². The number of rotatable bonds is 6. The first-order chi connectivity index (χ1) is 23.2. The Labute approximate surface area is 285 Å². The first-order valence-corrected chi connectivity index (χ1v) is 16.0. The second-order valence-corrected chi connectivity index (χ2v) is 13.0. The fraction of sp³-hybridized carbons (Fsp3) is 0.103. The molecule has 0 spiro atoms. The maximum atomic E-state index is 15.9. The summed E-state index contributed by atoms with van der Waals surface area (Å²) in [5.74, 6) is -4.16. The molecule has 48 heavy (non-hydrogen) atoms. The summed E-state index contributed by atoms with van der Waals surface area (Å²) in [6.45, 7) is 0. The number of halogens is 2. The highest BCUT2D eigenvalue weighted by atomic mass is 35.5. The number of imide groups is 1. The number of allylic oxidation sites excluding steroid dienone is 2. The largest absolute Gasteiger partial charge is 0.297 e. The van der Waals surface area contributed by atoms with Gasteiger partial charge in [-0.15, -0.1) is 0 Å². The van der Waals surface area contributed by atoms with E-state index in [1.165, 1.54) is 18.2 Å². The number of hydrogen-bond donors (Lipinski definition) is 0. The van der Waals surface area contributed by atoms with E-state index in [-0.39, 0.29) is 11.5 Å². The maximum Gasteiger partial charge on any atom is 0.293 e. The van der Waals surface area contributed by atoms with Crippen LogP contribution in [0.25, 0.3) is 11.1 Å². The number of para-hydroxylation sites is 2. The van der Waals surface area contributed by atoms with Gasteiger partial charge in [-0.1, -0.05) is 120 Å². The minimum Gasteiger partial charge on any atom is -0.297 e. The van der Waals surface area contributed by atoms with Crippen molar-refractivity contribution in [2.75, 3.05) is 4.90 Å². The Hall–Kier alpha value is -5.37. The van der Waals surface area contributed by atoms with E-state index in [1.54, 1.807) is 54.6 Å². The van der Waals surface area contributed by atoms with Crippen LogP contribution in [-0.2, 0) is 25.2 Å². The lowest BCUT2D eigenvalue weighted by atomic mass is 9.59. The van der Waals surface area contributed by atoms with Gasteiger partial charge in [0.15, 0.2) is 5.78 Å². The molecule has 2 aliphatic carbocycles. The van der Waals surface area contributed by atoms with Crippen LogP contribution < -0.4 is 4.90 Å². The van der Waals surface area contributed by atoms with Crippen LogP contribution >= 0.6 is 23.2 Å². The third kappa shape index (κ3) is 3.80. The molecule has 7 nitrogen and oxygen atoms in total. The van der Waals surface area contributed by atoms with E-state index < -0.39 is 45.1 Å². The molecule has 1 saturated carbocycles. The van der Waals surface area contributed by atoms with E-state index in [0.29, 0.717) is 43.4 Å². The standard InChI is InChI=1S/C39H24Cl2N2O5/c40-27-19-15-25(16-20-27)38-31(23-9-3-1-4-10-23)32(24-11-5-2-6-12-24)39(37(38)46,26-17-21-28(41)22-18-26)34-33(38)35(44)42(36(34)45)29-13-7-8-14-30(29)43(47)48/h1-22,33-34H/t33-,34-,38-,39+/m1/s1. The van der Waals surface area contributed by atoms with E-state index >= 15 is 14.4 Å². The highest BCUT2D eigenvalue weighted by molar-refractivity contribution is 6.39. The van der Waals surface area contributed by atoms with Gasteiger partial charge >= 0.3 is 0 Å². The molecule has 4 atom stereocenters. The zero-order chi connectivity index (χ0) is 33.4. The average Bonchev–Trinajstić information content (AvgIpc) is 3.61. The van der Waals surface area contributed by atoms with Crippen molar-refractivity contribution in [3.05, 3.63) is 176 Å². The molecule has 0 unspecified atom stereocenters. The summed E-state index contributed by atoms with van der Waals surface area (Å²) in [6.07, 6.45) is 0. The molecule has 0 radical (unpaired) electrons. The van der Waals surface area contributed by atoms with Crippen LogP contribution in [0.15, 0.2) is 133 Å². The summed E-state index contributed by atoms with van der Waals surface area (Å²) >= 11 is 12.8. The van der Waals surface area contributed by atoms with Crippen molar-refractivity contribution >= 4 is 63.3 Å². The van der Waals surface area contributed by atoms with Gasteiger partial charge in [0.2, 0.25) is 11.8 Å². The summed E-state index contributed by atoms with van der Waals surface area (Å²) in [5, 5.41) is 13.1. The molecule has 0 N–H and O–H groups in total. The molecule has 1 saturated heterocycles. The summed E-state index contributed by atoms with van der Waals surface area (Å²) in [6, 6.07) is 38.1. The Morgan fingerprint density at radius 3 is 1.38 bits per heavy atom. The number of hydrogen-bond acceptors (Lipinski definition) is 5. The van der Waals surface area contributed by atoms with E-state index in [0.717, 1.165) is 4.90 Å². The van der Waals surface area contributed by atoms with Gasteiger partial charge in [-0.25, -0.2) is 4.90 Å². The average molecular weight is 672 g/mol. The Morgan fingerprint density at radius 1 is 0.562 bits per heavy atom. The lowest BCUT2D eigenvalue weighted by Gasteiger charge is -2.39. The molecule has 1 heterocycles. The highest BCUT2D eigenvalue weighted by Crippen LogP contribution is 2.74. The van der Waals surface area contributed by atoms with Crippen molar-refractivity contribution in [2.45, 2.75) is 10.8 Å². The molecule has 2 bridgehead atoms. The minimum atomic E-state index is -1.67. The first-order valence-electron chi connectivity index (χ1n) is 15.3. The Morgan fingerprint density at radius 2 is 0.958 bits per heavy atom. The molecule has 5 aromatic rings. The number of nitro groups is 1. The monoisotopic (exact) mass is 670 g/mol. The number of fused-ring (bicyclic) bond motifs is 5. The van der Waals surface area contributed by atoms with Crippen LogP contribution in [0.3, 0.4) is 0 Å². The van der Waals surface area contributed by atoms with E-state index in [2.05, 4.69) is 0 Å². The molecular weight excluding hydrogens is 647 g/mol. The number of carbonyl (C=O) groups excluding carboxylic acids is 3.